The molecule has 0 aromatic carbocycles. The van der Waals surface area contributed by atoms with E-state index in [9.17, 15) is 0 Å². The summed E-state index contributed by atoms with van der Waals surface area (Å²) in [5, 5.41) is 7.95. The second kappa shape index (κ2) is 4.63. The van der Waals surface area contributed by atoms with Gasteiger partial charge in [-0.1, -0.05) is 0 Å². The summed E-state index contributed by atoms with van der Waals surface area (Å²) in [5.41, 5.74) is 1.73. The van der Waals surface area contributed by atoms with Crippen LogP contribution >= 0.6 is 0 Å². The number of nitrogens with zero attached hydrogens (tertiary/aromatic N) is 4. The zero-order valence-corrected chi connectivity index (χ0v) is 9.58. The number of nitrogens with one attached hydrogen (secondary N) is 1. The molecule has 5 nitrogen and oxygen atoms in total. The monoisotopic (exact) mass is 229 g/mol. The molecule has 1 aliphatic heterocycles. The Balaban J connectivity index is 1.83. The highest BCUT2D eigenvalue weighted by Crippen LogP contribution is 2.20. The third kappa shape index (κ3) is 2.19. The van der Waals surface area contributed by atoms with E-state index in [1.807, 2.05) is 12.3 Å². The molecule has 0 bridgehead atoms. The van der Waals surface area contributed by atoms with Gasteiger partial charge in [-0.3, -0.25) is 14.6 Å². The summed E-state index contributed by atoms with van der Waals surface area (Å²) in [7, 11) is 0. The average molecular weight is 229 g/mol. The first-order valence-electron chi connectivity index (χ1n) is 5.96. The van der Waals surface area contributed by atoms with Crippen molar-refractivity contribution in [3.8, 4) is 11.4 Å². The van der Waals surface area contributed by atoms with E-state index >= 15 is 0 Å². The second-order valence-corrected chi connectivity index (χ2v) is 4.25. The van der Waals surface area contributed by atoms with Crippen molar-refractivity contribution in [2.24, 2.45) is 0 Å². The van der Waals surface area contributed by atoms with E-state index in [1.165, 1.54) is 0 Å². The van der Waals surface area contributed by atoms with Gasteiger partial charge in [0.2, 0.25) is 0 Å². The predicted octanol–water partition coefficient (Wildman–Crippen LogP) is 1.26. The third-order valence-electron chi connectivity index (χ3n) is 3.12. The average Bonchev–Trinajstić information content (AvgIpc) is 2.90. The summed E-state index contributed by atoms with van der Waals surface area (Å²) in [6, 6.07) is 2.52. The Hall–Kier alpha value is -1.75. The van der Waals surface area contributed by atoms with Crippen LogP contribution in [0.1, 0.15) is 18.9 Å². The van der Waals surface area contributed by atoms with Crippen molar-refractivity contribution in [1.82, 2.24) is 25.1 Å². The molecule has 2 aromatic heterocycles. The van der Waals surface area contributed by atoms with Crippen LogP contribution in [-0.4, -0.2) is 32.8 Å². The van der Waals surface area contributed by atoms with E-state index in [2.05, 4.69) is 25.1 Å². The van der Waals surface area contributed by atoms with Gasteiger partial charge in [0, 0.05) is 18.6 Å². The van der Waals surface area contributed by atoms with Gasteiger partial charge in [0.25, 0.3) is 0 Å². The minimum Gasteiger partial charge on any atom is -0.317 e. The first-order valence-corrected chi connectivity index (χ1v) is 5.96. The van der Waals surface area contributed by atoms with Crippen molar-refractivity contribution < 1.29 is 0 Å². The molecule has 5 heteroatoms. The van der Waals surface area contributed by atoms with E-state index < -0.39 is 0 Å². The van der Waals surface area contributed by atoms with Crippen LogP contribution in [0.2, 0.25) is 0 Å². The molecule has 0 radical (unpaired) electrons. The van der Waals surface area contributed by atoms with Crippen LogP contribution in [0.3, 0.4) is 0 Å². The number of piperidine rings is 1. The van der Waals surface area contributed by atoms with Gasteiger partial charge in [-0.25, -0.2) is 0 Å². The fourth-order valence-corrected chi connectivity index (χ4v) is 2.18. The number of rotatable bonds is 2. The van der Waals surface area contributed by atoms with Crippen LogP contribution in [0.5, 0.6) is 0 Å². The maximum absolute atomic E-state index is 4.59. The van der Waals surface area contributed by atoms with Crippen LogP contribution in [0.15, 0.2) is 30.9 Å². The molecule has 3 rings (SSSR count). The molecule has 1 fully saturated rings. The van der Waals surface area contributed by atoms with Crippen molar-refractivity contribution in [2.75, 3.05) is 13.1 Å². The molecule has 0 atom stereocenters. The number of hydrogen-bond acceptors (Lipinski definition) is 4. The van der Waals surface area contributed by atoms with Gasteiger partial charge < -0.3 is 5.32 Å². The highest BCUT2D eigenvalue weighted by atomic mass is 15.3. The summed E-state index contributed by atoms with van der Waals surface area (Å²) in [5.74, 6) is 0. The highest BCUT2D eigenvalue weighted by molar-refractivity contribution is 5.51. The lowest BCUT2D eigenvalue weighted by molar-refractivity contribution is 0.343. The fraction of sp³-hybridized carbons (Fsp3) is 0.417. The van der Waals surface area contributed by atoms with Crippen LogP contribution < -0.4 is 5.32 Å². The Morgan fingerprint density at radius 1 is 1.18 bits per heavy atom. The van der Waals surface area contributed by atoms with Gasteiger partial charge in [0.1, 0.15) is 11.4 Å². The molecule has 88 valence electrons. The molecule has 0 aliphatic carbocycles. The van der Waals surface area contributed by atoms with Gasteiger partial charge in [0.15, 0.2) is 0 Å². The molecule has 0 spiro atoms. The highest BCUT2D eigenvalue weighted by Gasteiger charge is 2.16. The maximum Gasteiger partial charge on any atom is 0.112 e. The first kappa shape index (κ1) is 10.4. The lowest BCUT2D eigenvalue weighted by Crippen LogP contribution is -2.29. The molecule has 1 N–H and O–H groups in total. The maximum atomic E-state index is 4.59. The van der Waals surface area contributed by atoms with Crippen molar-refractivity contribution in [3.05, 3.63) is 30.9 Å². The van der Waals surface area contributed by atoms with E-state index in [4.69, 9.17) is 0 Å². The minimum atomic E-state index is 0.515. The lowest BCUT2D eigenvalue weighted by Gasteiger charge is -2.22. The molecule has 1 saturated heterocycles. The zero-order valence-electron chi connectivity index (χ0n) is 9.58. The Bertz CT molecular complexity index is 473. The molecule has 3 heterocycles. The van der Waals surface area contributed by atoms with E-state index in [1.54, 1.807) is 18.6 Å². The van der Waals surface area contributed by atoms with Gasteiger partial charge in [-0.15, -0.1) is 0 Å². The Kier molecular flexibility index (Phi) is 2.83. The standard InChI is InChI=1S/C12H15N5/c1-4-13-5-2-10(1)17-8-3-11(16-17)12-9-14-6-7-15-12/h3,6-10,13H,1-2,4-5H2. The molecule has 1 aliphatic rings. The summed E-state index contributed by atoms with van der Waals surface area (Å²) >= 11 is 0. The molecule has 2 aromatic rings. The summed E-state index contributed by atoms with van der Waals surface area (Å²) in [6.07, 6.45) is 9.43. The van der Waals surface area contributed by atoms with E-state index in [0.29, 0.717) is 6.04 Å². The molecule has 0 saturated carbocycles. The minimum absolute atomic E-state index is 0.515. The third-order valence-corrected chi connectivity index (χ3v) is 3.12. The molecular weight excluding hydrogens is 214 g/mol. The van der Waals surface area contributed by atoms with Gasteiger partial charge in [0.05, 0.1) is 12.2 Å². The topological polar surface area (TPSA) is 55.6 Å². The van der Waals surface area contributed by atoms with Crippen molar-refractivity contribution in [3.63, 3.8) is 0 Å². The normalized spacial score (nSPS) is 17.2. The lowest BCUT2D eigenvalue weighted by atomic mass is 10.1. The van der Waals surface area contributed by atoms with E-state index in [0.717, 1.165) is 37.3 Å². The van der Waals surface area contributed by atoms with Crippen LogP contribution in [0.25, 0.3) is 11.4 Å². The quantitative estimate of drug-likeness (QED) is 0.842. The molecule has 17 heavy (non-hydrogen) atoms. The summed E-state index contributed by atoms with van der Waals surface area (Å²) in [6.45, 7) is 2.15. The predicted molar refractivity (Wildman–Crippen MR) is 64.4 cm³/mol. The summed E-state index contributed by atoms with van der Waals surface area (Å²) in [4.78, 5) is 8.32. The second-order valence-electron chi connectivity index (χ2n) is 4.25. The Morgan fingerprint density at radius 2 is 2.06 bits per heavy atom. The SMILES string of the molecule is c1cnc(-c2ccn(C3CCNCC3)n2)cn1. The van der Waals surface area contributed by atoms with E-state index in [-0.39, 0.29) is 0 Å². The Morgan fingerprint density at radius 3 is 2.82 bits per heavy atom. The largest absolute Gasteiger partial charge is 0.317 e. The molecular formula is C12H15N5. The number of aromatic nitrogens is 4. The zero-order chi connectivity index (χ0) is 11.5. The van der Waals surface area contributed by atoms with Crippen LogP contribution in [0.4, 0.5) is 0 Å². The van der Waals surface area contributed by atoms with Crippen molar-refractivity contribution in [1.29, 1.82) is 0 Å². The smallest absolute Gasteiger partial charge is 0.112 e. The molecule has 0 amide bonds. The van der Waals surface area contributed by atoms with Crippen LogP contribution in [-0.2, 0) is 0 Å². The van der Waals surface area contributed by atoms with Crippen LogP contribution in [0, 0.1) is 0 Å². The van der Waals surface area contributed by atoms with Gasteiger partial charge in [-0.05, 0) is 32.0 Å². The molecule has 0 unspecified atom stereocenters. The fourth-order valence-electron chi connectivity index (χ4n) is 2.18. The van der Waals surface area contributed by atoms with Gasteiger partial charge in [-0.2, -0.15) is 5.10 Å². The van der Waals surface area contributed by atoms with Crippen molar-refractivity contribution >= 4 is 0 Å². The summed E-state index contributed by atoms with van der Waals surface area (Å²) < 4.78 is 2.06. The van der Waals surface area contributed by atoms with Gasteiger partial charge >= 0.3 is 0 Å². The number of hydrogen-bond donors (Lipinski definition) is 1. The van der Waals surface area contributed by atoms with Crippen molar-refractivity contribution in [2.45, 2.75) is 18.9 Å². The Labute approximate surface area is 99.9 Å². The first-order chi connectivity index (χ1) is 8.43.